The second kappa shape index (κ2) is 6.39. The van der Waals surface area contributed by atoms with E-state index in [1.54, 1.807) is 0 Å². The van der Waals surface area contributed by atoms with Crippen molar-refractivity contribution < 1.29 is 9.90 Å². The van der Waals surface area contributed by atoms with Gasteiger partial charge in [0.05, 0.1) is 27.8 Å². The summed E-state index contributed by atoms with van der Waals surface area (Å²) in [5.74, 6) is -0.161. The van der Waals surface area contributed by atoms with Gasteiger partial charge < -0.3 is 5.11 Å². The van der Waals surface area contributed by atoms with Crippen LogP contribution in [0.25, 0.3) is 0 Å². The maximum absolute atomic E-state index is 12.3. The highest BCUT2D eigenvalue weighted by molar-refractivity contribution is 6.39. The van der Waals surface area contributed by atoms with E-state index in [9.17, 15) is 9.90 Å². The first-order valence-corrected chi connectivity index (χ1v) is 7.40. The molecule has 110 valence electrons. The lowest BCUT2D eigenvalue weighted by Crippen LogP contribution is -2.41. The zero-order valence-electron chi connectivity index (χ0n) is 11.4. The van der Waals surface area contributed by atoms with Gasteiger partial charge in [0, 0.05) is 18.9 Å². The Morgan fingerprint density at radius 2 is 1.90 bits per heavy atom. The maximum atomic E-state index is 12.3. The first-order valence-electron chi connectivity index (χ1n) is 6.64. The minimum Gasteiger partial charge on any atom is -0.389 e. The van der Waals surface area contributed by atoms with Gasteiger partial charge in [-0.1, -0.05) is 36.0 Å². The second-order valence-electron chi connectivity index (χ2n) is 5.51. The van der Waals surface area contributed by atoms with E-state index in [1.165, 1.54) is 12.4 Å². The van der Waals surface area contributed by atoms with Gasteiger partial charge in [-0.3, -0.25) is 14.7 Å². The molecule has 1 aliphatic rings. The van der Waals surface area contributed by atoms with E-state index in [2.05, 4.69) is 4.98 Å². The van der Waals surface area contributed by atoms with Gasteiger partial charge >= 0.3 is 0 Å². The molecule has 1 heterocycles. The van der Waals surface area contributed by atoms with Gasteiger partial charge in [0.2, 0.25) is 0 Å². The summed E-state index contributed by atoms with van der Waals surface area (Å²) in [4.78, 5) is 17.9. The summed E-state index contributed by atoms with van der Waals surface area (Å²) in [5.41, 5.74) is -0.366. The van der Waals surface area contributed by atoms with Crippen LogP contribution in [-0.4, -0.2) is 46.5 Å². The summed E-state index contributed by atoms with van der Waals surface area (Å²) >= 11 is 11.9. The molecular formula is C14H18Cl2N2O2. The van der Waals surface area contributed by atoms with Crippen molar-refractivity contribution in [2.24, 2.45) is 0 Å². The standard InChI is InChI=1S/C14H18Cl2N2O2/c1-18(9-14(20)4-2-3-5-14)8-12(19)13-10(15)6-17-7-11(13)16/h6-7,20H,2-5,8-9H2,1H3. The van der Waals surface area contributed by atoms with Crippen LogP contribution in [-0.2, 0) is 0 Å². The first kappa shape index (κ1) is 15.7. The molecule has 4 nitrogen and oxygen atoms in total. The molecule has 1 saturated carbocycles. The molecule has 1 aromatic heterocycles. The Balaban J connectivity index is 2.00. The molecule has 0 aliphatic heterocycles. The minimum absolute atomic E-state index is 0.161. The van der Waals surface area contributed by atoms with E-state index >= 15 is 0 Å². The maximum Gasteiger partial charge on any atom is 0.179 e. The molecule has 0 radical (unpaired) electrons. The molecule has 0 unspecified atom stereocenters. The van der Waals surface area contributed by atoms with Gasteiger partial charge in [0.1, 0.15) is 0 Å². The average molecular weight is 317 g/mol. The van der Waals surface area contributed by atoms with Crippen molar-refractivity contribution in [1.29, 1.82) is 0 Å². The number of aliphatic hydroxyl groups is 1. The number of pyridine rings is 1. The number of rotatable bonds is 5. The zero-order chi connectivity index (χ0) is 14.8. The van der Waals surface area contributed by atoms with Gasteiger partial charge in [0.15, 0.2) is 5.78 Å². The van der Waals surface area contributed by atoms with E-state index < -0.39 is 5.60 Å². The Kier molecular flexibility index (Phi) is 5.02. The van der Waals surface area contributed by atoms with Gasteiger partial charge in [-0.05, 0) is 19.9 Å². The van der Waals surface area contributed by atoms with Crippen LogP contribution in [0.1, 0.15) is 36.0 Å². The Hall–Kier alpha value is -0.680. The minimum atomic E-state index is -0.666. The van der Waals surface area contributed by atoms with Crippen LogP contribution in [0, 0.1) is 0 Å². The first-order chi connectivity index (χ1) is 9.41. The Bertz CT molecular complexity index is 482. The van der Waals surface area contributed by atoms with Crippen LogP contribution in [0.4, 0.5) is 0 Å². The van der Waals surface area contributed by atoms with E-state index in [-0.39, 0.29) is 22.4 Å². The molecule has 0 aromatic carbocycles. The number of hydrogen-bond acceptors (Lipinski definition) is 4. The second-order valence-corrected chi connectivity index (χ2v) is 6.32. The summed E-state index contributed by atoms with van der Waals surface area (Å²) in [7, 11) is 1.82. The van der Waals surface area contributed by atoms with Gasteiger partial charge in [-0.15, -0.1) is 0 Å². The lowest BCUT2D eigenvalue weighted by atomic mass is 10.0. The van der Waals surface area contributed by atoms with E-state index in [4.69, 9.17) is 23.2 Å². The fourth-order valence-corrected chi connectivity index (χ4v) is 3.33. The molecule has 2 rings (SSSR count). The van der Waals surface area contributed by atoms with Gasteiger partial charge in [-0.25, -0.2) is 0 Å². The van der Waals surface area contributed by atoms with Crippen LogP contribution in [0.5, 0.6) is 0 Å². The third kappa shape index (κ3) is 3.70. The van der Waals surface area contributed by atoms with Gasteiger partial charge in [-0.2, -0.15) is 0 Å². The molecule has 0 amide bonds. The van der Waals surface area contributed by atoms with Gasteiger partial charge in [0.25, 0.3) is 0 Å². The van der Waals surface area contributed by atoms with Crippen LogP contribution >= 0.6 is 23.2 Å². The highest BCUT2D eigenvalue weighted by Gasteiger charge is 2.32. The van der Waals surface area contributed by atoms with Crippen LogP contribution in [0.15, 0.2) is 12.4 Å². The number of nitrogens with zero attached hydrogens (tertiary/aromatic N) is 2. The lowest BCUT2D eigenvalue weighted by molar-refractivity contribution is 0.0172. The molecule has 0 bridgehead atoms. The highest BCUT2D eigenvalue weighted by Crippen LogP contribution is 2.30. The normalized spacial score (nSPS) is 17.6. The van der Waals surface area contributed by atoms with Crippen molar-refractivity contribution in [2.75, 3.05) is 20.1 Å². The SMILES string of the molecule is CN(CC(=O)c1c(Cl)cncc1Cl)CC1(O)CCCC1. The molecule has 6 heteroatoms. The quantitative estimate of drug-likeness (QED) is 0.849. The highest BCUT2D eigenvalue weighted by atomic mass is 35.5. The number of halogens is 2. The monoisotopic (exact) mass is 316 g/mol. The van der Waals surface area contributed by atoms with Crippen molar-refractivity contribution in [3.63, 3.8) is 0 Å². The molecule has 1 aliphatic carbocycles. The van der Waals surface area contributed by atoms with E-state index in [0.29, 0.717) is 12.1 Å². The predicted octanol–water partition coefficient (Wildman–Crippen LogP) is 2.81. The smallest absolute Gasteiger partial charge is 0.179 e. The van der Waals surface area contributed by atoms with Crippen LogP contribution in [0.2, 0.25) is 10.0 Å². The molecule has 1 aromatic rings. The van der Waals surface area contributed by atoms with E-state index in [0.717, 1.165) is 25.7 Å². The van der Waals surface area contributed by atoms with Crippen molar-refractivity contribution >= 4 is 29.0 Å². The average Bonchev–Trinajstić information content (AvgIpc) is 2.74. The number of hydrogen-bond donors (Lipinski definition) is 1. The number of carbonyl (C=O) groups is 1. The summed E-state index contributed by atoms with van der Waals surface area (Å²) in [5, 5.41) is 10.9. The van der Waals surface area contributed by atoms with Crippen LogP contribution in [0.3, 0.4) is 0 Å². The number of carbonyl (C=O) groups excluding carboxylic acids is 1. The van der Waals surface area contributed by atoms with Crippen LogP contribution < -0.4 is 0 Å². The number of aromatic nitrogens is 1. The summed E-state index contributed by atoms with van der Waals surface area (Å²) in [6.07, 6.45) is 6.49. The molecular weight excluding hydrogens is 299 g/mol. The third-order valence-electron chi connectivity index (χ3n) is 3.64. The summed E-state index contributed by atoms with van der Waals surface area (Å²) in [6, 6.07) is 0. The van der Waals surface area contributed by atoms with Crippen molar-refractivity contribution in [2.45, 2.75) is 31.3 Å². The number of likely N-dealkylation sites (N-methyl/N-ethyl adjacent to an activating group) is 1. The van der Waals surface area contributed by atoms with Crippen molar-refractivity contribution in [3.8, 4) is 0 Å². The molecule has 0 saturated heterocycles. The summed E-state index contributed by atoms with van der Waals surface area (Å²) < 4.78 is 0. The molecule has 0 spiro atoms. The Morgan fingerprint density at radius 1 is 1.35 bits per heavy atom. The molecule has 1 fully saturated rings. The topological polar surface area (TPSA) is 53.4 Å². The number of Topliss-reactive ketones (excluding diaryl/α,β-unsaturated/α-hetero) is 1. The van der Waals surface area contributed by atoms with Crippen molar-refractivity contribution in [1.82, 2.24) is 9.88 Å². The third-order valence-corrected chi connectivity index (χ3v) is 4.22. The van der Waals surface area contributed by atoms with E-state index in [1.807, 2.05) is 11.9 Å². The number of ketones is 1. The fraction of sp³-hybridized carbons (Fsp3) is 0.571. The zero-order valence-corrected chi connectivity index (χ0v) is 12.9. The predicted molar refractivity (Wildman–Crippen MR) is 79.5 cm³/mol. The Labute approximate surface area is 128 Å². The molecule has 1 N–H and O–H groups in total. The Morgan fingerprint density at radius 3 is 2.45 bits per heavy atom. The molecule has 20 heavy (non-hydrogen) atoms. The van der Waals surface area contributed by atoms with Crippen molar-refractivity contribution in [3.05, 3.63) is 28.0 Å². The summed E-state index contributed by atoms with van der Waals surface area (Å²) in [6.45, 7) is 0.658. The lowest BCUT2D eigenvalue weighted by Gasteiger charge is -2.28. The largest absolute Gasteiger partial charge is 0.389 e. The molecule has 0 atom stereocenters. The fourth-order valence-electron chi connectivity index (χ4n) is 2.75.